The topological polar surface area (TPSA) is 52.6 Å². The fourth-order valence-electron chi connectivity index (χ4n) is 3.00. The van der Waals surface area contributed by atoms with Crippen LogP contribution in [0.25, 0.3) is 0 Å². The highest BCUT2D eigenvalue weighted by atomic mass is 35.5. The van der Waals surface area contributed by atoms with E-state index in [-0.39, 0.29) is 16.9 Å². The SMILES string of the molecule is CC(C)(C)[C@H]1CCC[C@@H](C(=O)OOC(=O)c2cccc(Cl)c2)C1. The van der Waals surface area contributed by atoms with Gasteiger partial charge in [0, 0.05) is 5.02 Å². The lowest BCUT2D eigenvalue weighted by molar-refractivity contribution is -0.239. The second-order valence-electron chi connectivity index (χ2n) is 7.21. The van der Waals surface area contributed by atoms with Crippen LogP contribution < -0.4 is 0 Å². The number of rotatable bonds is 2. The van der Waals surface area contributed by atoms with Crippen LogP contribution in [0.1, 0.15) is 56.8 Å². The number of hydrogen-bond donors (Lipinski definition) is 0. The summed E-state index contributed by atoms with van der Waals surface area (Å²) in [5, 5.41) is 0.422. The summed E-state index contributed by atoms with van der Waals surface area (Å²) < 4.78 is 0. The molecule has 0 radical (unpaired) electrons. The minimum atomic E-state index is -0.718. The molecule has 0 heterocycles. The molecule has 0 spiro atoms. The maximum absolute atomic E-state index is 12.1. The van der Waals surface area contributed by atoms with Gasteiger partial charge < -0.3 is 0 Å². The Bertz CT molecular complexity index is 577. The highest BCUT2D eigenvalue weighted by Gasteiger charge is 2.35. The molecule has 0 N–H and O–H groups in total. The first-order chi connectivity index (χ1) is 10.8. The molecule has 5 heteroatoms. The molecule has 1 saturated carbocycles. The number of carbonyl (C=O) groups excluding carboxylic acids is 2. The third kappa shape index (κ3) is 4.96. The summed E-state index contributed by atoms with van der Waals surface area (Å²) in [7, 11) is 0. The van der Waals surface area contributed by atoms with Gasteiger partial charge in [-0.3, -0.25) is 0 Å². The molecule has 0 bridgehead atoms. The van der Waals surface area contributed by atoms with E-state index in [0.29, 0.717) is 10.9 Å². The zero-order valence-electron chi connectivity index (χ0n) is 13.8. The zero-order chi connectivity index (χ0) is 17.0. The standard InChI is InChI=1S/C18H23ClO4/c1-18(2,3)14-8-4-6-12(10-14)16(20)22-23-17(21)13-7-5-9-15(19)11-13/h5,7,9,11-12,14H,4,6,8,10H2,1-3H3/t12-,14+/m1/s1. The minimum absolute atomic E-state index is 0.163. The van der Waals surface area contributed by atoms with E-state index in [9.17, 15) is 9.59 Å². The van der Waals surface area contributed by atoms with Crippen molar-refractivity contribution in [2.24, 2.45) is 17.3 Å². The molecule has 1 aliphatic carbocycles. The Balaban J connectivity index is 1.88. The summed E-state index contributed by atoms with van der Waals surface area (Å²) in [4.78, 5) is 33.4. The molecule has 0 saturated heterocycles. The Hall–Kier alpha value is -1.55. The second kappa shape index (κ2) is 7.35. The van der Waals surface area contributed by atoms with Crippen molar-refractivity contribution in [2.75, 3.05) is 0 Å². The van der Waals surface area contributed by atoms with E-state index in [1.807, 2.05) is 0 Å². The van der Waals surface area contributed by atoms with Crippen LogP contribution in [-0.4, -0.2) is 11.9 Å². The maximum Gasteiger partial charge on any atom is 0.386 e. The van der Waals surface area contributed by atoms with Crippen molar-refractivity contribution >= 4 is 23.5 Å². The van der Waals surface area contributed by atoms with Crippen LogP contribution in [-0.2, 0) is 14.6 Å². The van der Waals surface area contributed by atoms with Crippen molar-refractivity contribution in [3.05, 3.63) is 34.9 Å². The Morgan fingerprint density at radius 1 is 1.17 bits per heavy atom. The quantitative estimate of drug-likeness (QED) is 0.573. The summed E-state index contributed by atoms with van der Waals surface area (Å²) in [5.41, 5.74) is 0.415. The van der Waals surface area contributed by atoms with Gasteiger partial charge in [-0.1, -0.05) is 44.9 Å². The van der Waals surface area contributed by atoms with Crippen LogP contribution in [0.3, 0.4) is 0 Å². The fourth-order valence-corrected chi connectivity index (χ4v) is 3.19. The molecule has 1 aromatic rings. The van der Waals surface area contributed by atoms with Gasteiger partial charge in [0.25, 0.3) is 0 Å². The van der Waals surface area contributed by atoms with Crippen LogP contribution >= 0.6 is 11.6 Å². The van der Waals surface area contributed by atoms with Crippen molar-refractivity contribution in [3.8, 4) is 0 Å². The summed E-state index contributed by atoms with van der Waals surface area (Å²) >= 11 is 5.82. The van der Waals surface area contributed by atoms with Gasteiger partial charge in [0.2, 0.25) is 0 Å². The van der Waals surface area contributed by atoms with Gasteiger partial charge in [-0.25, -0.2) is 19.4 Å². The fraction of sp³-hybridized carbons (Fsp3) is 0.556. The van der Waals surface area contributed by atoms with Crippen LogP contribution in [0.4, 0.5) is 0 Å². The van der Waals surface area contributed by atoms with Crippen LogP contribution in [0, 0.1) is 17.3 Å². The van der Waals surface area contributed by atoms with Crippen molar-refractivity contribution in [1.82, 2.24) is 0 Å². The molecule has 126 valence electrons. The highest BCUT2D eigenvalue weighted by Crippen LogP contribution is 2.40. The summed E-state index contributed by atoms with van der Waals surface area (Å²) in [6.45, 7) is 6.56. The lowest BCUT2D eigenvalue weighted by Gasteiger charge is -2.36. The molecular formula is C18H23ClO4. The lowest BCUT2D eigenvalue weighted by atomic mass is 9.69. The summed E-state index contributed by atoms with van der Waals surface area (Å²) in [6.07, 6.45) is 3.66. The first-order valence-electron chi connectivity index (χ1n) is 7.95. The Morgan fingerprint density at radius 3 is 2.57 bits per heavy atom. The Morgan fingerprint density at radius 2 is 1.91 bits per heavy atom. The largest absolute Gasteiger partial charge is 0.386 e. The van der Waals surface area contributed by atoms with Gasteiger partial charge in [0.15, 0.2) is 0 Å². The summed E-state index contributed by atoms with van der Waals surface area (Å²) in [5.74, 6) is -0.920. The van der Waals surface area contributed by atoms with E-state index in [4.69, 9.17) is 16.5 Å². The monoisotopic (exact) mass is 338 g/mol. The first-order valence-corrected chi connectivity index (χ1v) is 8.33. The number of carbonyl (C=O) groups is 2. The molecule has 2 rings (SSSR count). The number of benzene rings is 1. The lowest BCUT2D eigenvalue weighted by Crippen LogP contribution is -2.31. The first kappa shape index (κ1) is 17.8. The van der Waals surface area contributed by atoms with E-state index < -0.39 is 11.9 Å². The minimum Gasteiger partial charge on any atom is -0.247 e. The van der Waals surface area contributed by atoms with Gasteiger partial charge in [0.1, 0.15) is 0 Å². The smallest absolute Gasteiger partial charge is 0.247 e. The van der Waals surface area contributed by atoms with E-state index >= 15 is 0 Å². The summed E-state index contributed by atoms with van der Waals surface area (Å²) in [6, 6.07) is 6.31. The van der Waals surface area contributed by atoms with Crippen molar-refractivity contribution < 1.29 is 19.4 Å². The van der Waals surface area contributed by atoms with Gasteiger partial charge >= 0.3 is 11.9 Å². The van der Waals surface area contributed by atoms with Gasteiger partial charge in [-0.15, -0.1) is 0 Å². The van der Waals surface area contributed by atoms with E-state index in [1.54, 1.807) is 18.2 Å². The predicted octanol–water partition coefficient (Wildman–Crippen LogP) is 4.81. The van der Waals surface area contributed by atoms with Crippen LogP contribution in [0.5, 0.6) is 0 Å². The molecule has 4 nitrogen and oxygen atoms in total. The molecule has 1 aliphatic rings. The van der Waals surface area contributed by atoms with Crippen molar-refractivity contribution in [1.29, 1.82) is 0 Å². The maximum atomic E-state index is 12.1. The zero-order valence-corrected chi connectivity index (χ0v) is 14.6. The van der Waals surface area contributed by atoms with E-state index in [0.717, 1.165) is 25.7 Å². The van der Waals surface area contributed by atoms with Crippen LogP contribution in [0.2, 0.25) is 5.02 Å². The van der Waals surface area contributed by atoms with Crippen molar-refractivity contribution in [2.45, 2.75) is 46.5 Å². The molecular weight excluding hydrogens is 316 g/mol. The Kier molecular flexibility index (Phi) is 5.69. The van der Waals surface area contributed by atoms with Gasteiger partial charge in [-0.05, 0) is 48.8 Å². The molecule has 0 amide bonds. The average Bonchev–Trinajstić information content (AvgIpc) is 2.51. The third-order valence-electron chi connectivity index (χ3n) is 4.49. The molecule has 0 unspecified atom stereocenters. The number of halogens is 1. The molecule has 0 aliphatic heterocycles. The molecule has 1 fully saturated rings. The van der Waals surface area contributed by atoms with Gasteiger partial charge in [0.05, 0.1) is 11.5 Å². The second-order valence-corrected chi connectivity index (χ2v) is 7.65. The van der Waals surface area contributed by atoms with Crippen molar-refractivity contribution in [3.63, 3.8) is 0 Å². The predicted molar refractivity (Wildman–Crippen MR) is 87.9 cm³/mol. The molecule has 2 atom stereocenters. The molecule has 23 heavy (non-hydrogen) atoms. The Labute approximate surface area is 142 Å². The van der Waals surface area contributed by atoms with Gasteiger partial charge in [-0.2, -0.15) is 0 Å². The third-order valence-corrected chi connectivity index (χ3v) is 4.73. The molecule has 1 aromatic carbocycles. The van der Waals surface area contributed by atoms with Crippen LogP contribution in [0.15, 0.2) is 24.3 Å². The van der Waals surface area contributed by atoms with E-state index in [1.165, 1.54) is 6.07 Å². The molecule has 0 aromatic heterocycles. The number of hydrogen-bond acceptors (Lipinski definition) is 4. The highest BCUT2D eigenvalue weighted by molar-refractivity contribution is 6.30. The van der Waals surface area contributed by atoms with E-state index in [2.05, 4.69) is 25.7 Å². The average molecular weight is 339 g/mol. The normalized spacial score (nSPS) is 21.6.